The SMILES string of the molecule is COc1cc(CNC(=O)CSc2nnc(-c3ccco3)n2Cc2ccccc2)cc(OC)c1. The number of aromatic nitrogens is 3. The molecule has 0 spiro atoms. The first-order chi connectivity index (χ1) is 16.2. The molecule has 0 bridgehead atoms. The number of hydrogen-bond acceptors (Lipinski definition) is 7. The Kier molecular flexibility index (Phi) is 7.31. The van der Waals surface area contributed by atoms with E-state index in [4.69, 9.17) is 13.9 Å². The van der Waals surface area contributed by atoms with Gasteiger partial charge in [-0.25, -0.2) is 0 Å². The second-order valence-electron chi connectivity index (χ2n) is 7.14. The lowest BCUT2D eigenvalue weighted by molar-refractivity contribution is -0.118. The molecule has 1 N–H and O–H groups in total. The quantitative estimate of drug-likeness (QED) is 0.355. The average molecular weight is 465 g/mol. The van der Waals surface area contributed by atoms with E-state index in [1.807, 2.05) is 59.2 Å². The molecule has 4 rings (SSSR count). The monoisotopic (exact) mass is 464 g/mol. The molecular formula is C24H24N4O4S. The standard InChI is InChI=1S/C24H24N4O4S/c1-30-19-11-18(12-20(13-19)31-2)14-25-22(29)16-33-24-27-26-23(21-9-6-10-32-21)28(24)15-17-7-4-3-5-8-17/h3-13H,14-16H2,1-2H3,(H,25,29). The number of thioether (sulfide) groups is 1. The molecule has 170 valence electrons. The van der Waals surface area contributed by atoms with Crippen LogP contribution in [-0.2, 0) is 17.9 Å². The van der Waals surface area contributed by atoms with E-state index in [-0.39, 0.29) is 11.7 Å². The number of methoxy groups -OCH3 is 2. The summed E-state index contributed by atoms with van der Waals surface area (Å²) >= 11 is 1.33. The highest BCUT2D eigenvalue weighted by Gasteiger charge is 2.18. The molecule has 0 aliphatic rings. The van der Waals surface area contributed by atoms with E-state index in [2.05, 4.69) is 15.5 Å². The normalized spacial score (nSPS) is 10.7. The van der Waals surface area contributed by atoms with Crippen LogP contribution in [0.2, 0.25) is 0 Å². The molecule has 4 aromatic rings. The molecule has 0 unspecified atom stereocenters. The van der Waals surface area contributed by atoms with Crippen LogP contribution < -0.4 is 14.8 Å². The minimum absolute atomic E-state index is 0.115. The number of nitrogens with zero attached hydrogens (tertiary/aromatic N) is 3. The summed E-state index contributed by atoms with van der Waals surface area (Å²) in [6.45, 7) is 0.929. The second-order valence-corrected chi connectivity index (χ2v) is 8.08. The zero-order valence-corrected chi connectivity index (χ0v) is 19.2. The molecule has 0 fully saturated rings. The fourth-order valence-electron chi connectivity index (χ4n) is 3.24. The highest BCUT2D eigenvalue weighted by Crippen LogP contribution is 2.26. The highest BCUT2D eigenvalue weighted by atomic mass is 32.2. The molecule has 33 heavy (non-hydrogen) atoms. The van der Waals surface area contributed by atoms with Crippen molar-refractivity contribution in [1.82, 2.24) is 20.1 Å². The van der Waals surface area contributed by atoms with Gasteiger partial charge in [0.15, 0.2) is 10.9 Å². The summed E-state index contributed by atoms with van der Waals surface area (Å²) < 4.78 is 18.1. The van der Waals surface area contributed by atoms with Crippen LogP contribution in [-0.4, -0.2) is 40.6 Å². The lowest BCUT2D eigenvalue weighted by Crippen LogP contribution is -2.24. The fourth-order valence-corrected chi connectivity index (χ4v) is 4.01. The van der Waals surface area contributed by atoms with Crippen LogP contribution in [0.3, 0.4) is 0 Å². The second kappa shape index (κ2) is 10.7. The molecule has 8 nitrogen and oxygen atoms in total. The van der Waals surface area contributed by atoms with Gasteiger partial charge in [-0.2, -0.15) is 0 Å². The zero-order chi connectivity index (χ0) is 23.0. The third kappa shape index (κ3) is 5.75. The summed E-state index contributed by atoms with van der Waals surface area (Å²) in [6.07, 6.45) is 1.60. The summed E-state index contributed by atoms with van der Waals surface area (Å²) in [7, 11) is 3.19. The van der Waals surface area contributed by atoms with Crippen LogP contribution in [0.5, 0.6) is 11.5 Å². The number of nitrogens with one attached hydrogen (secondary N) is 1. The number of ether oxygens (including phenoxy) is 2. The van der Waals surface area contributed by atoms with Crippen LogP contribution in [0.15, 0.2) is 76.5 Å². The first kappa shape index (κ1) is 22.5. The molecule has 2 heterocycles. The maximum atomic E-state index is 12.5. The predicted octanol–water partition coefficient (Wildman–Crippen LogP) is 4.01. The zero-order valence-electron chi connectivity index (χ0n) is 18.4. The van der Waals surface area contributed by atoms with Crippen LogP contribution in [0.25, 0.3) is 11.6 Å². The van der Waals surface area contributed by atoms with Crippen molar-refractivity contribution in [3.63, 3.8) is 0 Å². The van der Waals surface area contributed by atoms with E-state index >= 15 is 0 Å². The van der Waals surface area contributed by atoms with E-state index in [1.165, 1.54) is 11.8 Å². The Morgan fingerprint density at radius 3 is 2.42 bits per heavy atom. The van der Waals surface area contributed by atoms with Gasteiger partial charge in [0.2, 0.25) is 11.7 Å². The van der Waals surface area contributed by atoms with Crippen molar-refractivity contribution in [1.29, 1.82) is 0 Å². The molecular weight excluding hydrogens is 440 g/mol. The Balaban J connectivity index is 1.43. The smallest absolute Gasteiger partial charge is 0.230 e. The molecule has 0 radical (unpaired) electrons. The van der Waals surface area contributed by atoms with Gasteiger partial charge in [-0.1, -0.05) is 42.1 Å². The number of furan rings is 1. The summed E-state index contributed by atoms with van der Waals surface area (Å²) in [5.41, 5.74) is 1.99. The first-order valence-corrected chi connectivity index (χ1v) is 11.3. The van der Waals surface area contributed by atoms with Crippen molar-refractivity contribution < 1.29 is 18.7 Å². The van der Waals surface area contributed by atoms with Crippen molar-refractivity contribution in [3.8, 4) is 23.1 Å². The van der Waals surface area contributed by atoms with Crippen molar-refractivity contribution >= 4 is 17.7 Å². The van der Waals surface area contributed by atoms with Gasteiger partial charge in [-0.05, 0) is 35.4 Å². The minimum atomic E-state index is -0.115. The number of amides is 1. The first-order valence-electron chi connectivity index (χ1n) is 10.3. The van der Waals surface area contributed by atoms with Crippen LogP contribution in [0.4, 0.5) is 0 Å². The Morgan fingerprint density at radius 1 is 1.00 bits per heavy atom. The highest BCUT2D eigenvalue weighted by molar-refractivity contribution is 7.99. The summed E-state index contributed by atoms with van der Waals surface area (Å²) in [6, 6.07) is 19.2. The molecule has 0 saturated carbocycles. The Labute approximate surface area is 195 Å². The van der Waals surface area contributed by atoms with Crippen LogP contribution >= 0.6 is 11.8 Å². The lowest BCUT2D eigenvalue weighted by atomic mass is 10.2. The molecule has 0 aliphatic carbocycles. The molecule has 0 atom stereocenters. The van der Waals surface area contributed by atoms with Crippen molar-refractivity contribution in [3.05, 3.63) is 78.1 Å². The summed E-state index contributed by atoms with van der Waals surface area (Å²) in [5, 5.41) is 12.2. The number of hydrogen-bond donors (Lipinski definition) is 1. The van der Waals surface area contributed by atoms with Gasteiger partial charge >= 0.3 is 0 Å². The van der Waals surface area contributed by atoms with E-state index in [0.29, 0.717) is 41.3 Å². The van der Waals surface area contributed by atoms with Crippen LogP contribution in [0, 0.1) is 0 Å². The lowest BCUT2D eigenvalue weighted by Gasteiger charge is -2.11. The Hall–Kier alpha value is -3.72. The van der Waals surface area contributed by atoms with E-state index in [0.717, 1.165) is 11.1 Å². The Bertz CT molecular complexity index is 1170. The van der Waals surface area contributed by atoms with Crippen molar-refractivity contribution in [2.24, 2.45) is 0 Å². The van der Waals surface area contributed by atoms with Crippen molar-refractivity contribution in [2.45, 2.75) is 18.2 Å². The fraction of sp³-hybridized carbons (Fsp3) is 0.208. The largest absolute Gasteiger partial charge is 0.497 e. The van der Waals surface area contributed by atoms with Crippen molar-refractivity contribution in [2.75, 3.05) is 20.0 Å². The molecule has 0 aliphatic heterocycles. The number of carbonyl (C=O) groups excluding carboxylic acids is 1. The van der Waals surface area contributed by atoms with E-state index < -0.39 is 0 Å². The van der Waals surface area contributed by atoms with Gasteiger partial charge in [0.1, 0.15) is 11.5 Å². The minimum Gasteiger partial charge on any atom is -0.497 e. The van der Waals surface area contributed by atoms with E-state index in [1.54, 1.807) is 26.5 Å². The van der Waals surface area contributed by atoms with Gasteiger partial charge in [0.25, 0.3) is 0 Å². The third-order valence-corrected chi connectivity index (χ3v) is 5.84. The average Bonchev–Trinajstić information content (AvgIpc) is 3.52. The maximum absolute atomic E-state index is 12.5. The molecule has 2 aromatic carbocycles. The van der Waals surface area contributed by atoms with Gasteiger partial charge in [-0.3, -0.25) is 9.36 Å². The molecule has 9 heteroatoms. The number of carbonyl (C=O) groups is 1. The van der Waals surface area contributed by atoms with Gasteiger partial charge in [-0.15, -0.1) is 10.2 Å². The number of benzene rings is 2. The Morgan fingerprint density at radius 2 is 1.76 bits per heavy atom. The van der Waals surface area contributed by atoms with Gasteiger partial charge < -0.3 is 19.2 Å². The maximum Gasteiger partial charge on any atom is 0.230 e. The third-order valence-electron chi connectivity index (χ3n) is 4.88. The molecule has 1 amide bonds. The predicted molar refractivity (Wildman–Crippen MR) is 125 cm³/mol. The summed E-state index contributed by atoms with van der Waals surface area (Å²) in [5.74, 6) is 2.68. The number of rotatable bonds is 10. The summed E-state index contributed by atoms with van der Waals surface area (Å²) in [4.78, 5) is 12.5. The van der Waals surface area contributed by atoms with Gasteiger partial charge in [0, 0.05) is 12.6 Å². The van der Waals surface area contributed by atoms with Crippen LogP contribution in [0.1, 0.15) is 11.1 Å². The van der Waals surface area contributed by atoms with E-state index in [9.17, 15) is 4.79 Å². The molecule has 2 aromatic heterocycles. The topological polar surface area (TPSA) is 91.4 Å². The van der Waals surface area contributed by atoms with Gasteiger partial charge in [0.05, 0.1) is 32.8 Å². The molecule has 0 saturated heterocycles.